The summed E-state index contributed by atoms with van der Waals surface area (Å²) in [6.07, 6.45) is 3.26. The van der Waals surface area contributed by atoms with Gasteiger partial charge in [-0.1, -0.05) is 13.0 Å². The number of nitrogens with zero attached hydrogens (tertiary/aromatic N) is 1. The van der Waals surface area contributed by atoms with Crippen LogP contribution >= 0.6 is 0 Å². The Labute approximate surface area is 144 Å². The largest absolute Gasteiger partial charge is 0.465 e. The monoisotopic (exact) mass is 354 g/mol. The lowest BCUT2D eigenvalue weighted by molar-refractivity contribution is 0.0600. The van der Waals surface area contributed by atoms with Crippen molar-refractivity contribution < 1.29 is 17.9 Å². The highest BCUT2D eigenvalue weighted by molar-refractivity contribution is 7.89. The summed E-state index contributed by atoms with van der Waals surface area (Å²) in [5.41, 5.74) is 0.225. The first-order valence-corrected chi connectivity index (χ1v) is 9.81. The maximum Gasteiger partial charge on any atom is 0.337 e. The molecular formula is C17H26N2O4S. The molecule has 0 aromatic heterocycles. The molecule has 0 spiro atoms. The van der Waals surface area contributed by atoms with Gasteiger partial charge in [0.05, 0.1) is 17.6 Å². The van der Waals surface area contributed by atoms with Gasteiger partial charge in [-0.05, 0) is 56.5 Å². The summed E-state index contributed by atoms with van der Waals surface area (Å²) in [6.45, 7) is 5.72. The molecule has 1 N–H and O–H groups in total. The Kier molecular flexibility index (Phi) is 6.77. The van der Waals surface area contributed by atoms with Crippen LogP contribution in [0.2, 0.25) is 0 Å². The minimum atomic E-state index is -3.61. The first kappa shape index (κ1) is 18.9. The van der Waals surface area contributed by atoms with Gasteiger partial charge in [0.15, 0.2) is 0 Å². The molecule has 7 heteroatoms. The van der Waals surface area contributed by atoms with E-state index in [-0.39, 0.29) is 10.5 Å². The van der Waals surface area contributed by atoms with Crippen LogP contribution in [0.5, 0.6) is 0 Å². The zero-order valence-electron chi connectivity index (χ0n) is 14.3. The number of ether oxygens (including phenoxy) is 1. The van der Waals surface area contributed by atoms with E-state index in [0.29, 0.717) is 6.54 Å². The van der Waals surface area contributed by atoms with Gasteiger partial charge in [0.25, 0.3) is 0 Å². The number of esters is 1. The average molecular weight is 354 g/mol. The highest BCUT2D eigenvalue weighted by atomic mass is 32.2. The highest BCUT2D eigenvalue weighted by Gasteiger charge is 2.18. The molecule has 0 unspecified atom stereocenters. The number of benzene rings is 1. The maximum atomic E-state index is 12.3. The van der Waals surface area contributed by atoms with E-state index in [2.05, 4.69) is 21.3 Å². The molecule has 1 aliphatic rings. The lowest BCUT2D eigenvalue weighted by atomic mass is 10.0. The van der Waals surface area contributed by atoms with E-state index in [4.69, 9.17) is 0 Å². The van der Waals surface area contributed by atoms with Crippen LogP contribution in [-0.2, 0) is 14.8 Å². The molecule has 0 radical (unpaired) electrons. The number of carbonyl (C=O) groups excluding carboxylic acids is 1. The van der Waals surface area contributed by atoms with Crippen molar-refractivity contribution in [2.45, 2.75) is 31.1 Å². The number of rotatable bonds is 7. The van der Waals surface area contributed by atoms with Gasteiger partial charge in [-0.2, -0.15) is 0 Å². The fourth-order valence-corrected chi connectivity index (χ4v) is 4.11. The molecule has 0 bridgehead atoms. The number of likely N-dealkylation sites (tertiary alicyclic amines) is 1. The summed E-state index contributed by atoms with van der Waals surface area (Å²) >= 11 is 0. The number of nitrogens with one attached hydrogen (secondary N) is 1. The summed E-state index contributed by atoms with van der Waals surface area (Å²) in [5, 5.41) is 0. The average Bonchev–Trinajstić information content (AvgIpc) is 2.58. The van der Waals surface area contributed by atoms with Crippen LogP contribution in [0.4, 0.5) is 0 Å². The number of hydrogen-bond donors (Lipinski definition) is 1. The molecule has 1 heterocycles. The second-order valence-corrected chi connectivity index (χ2v) is 8.09. The van der Waals surface area contributed by atoms with Gasteiger partial charge >= 0.3 is 5.97 Å². The summed E-state index contributed by atoms with van der Waals surface area (Å²) in [5.74, 6) is 0.169. The second-order valence-electron chi connectivity index (χ2n) is 6.32. The van der Waals surface area contributed by atoms with E-state index in [1.165, 1.54) is 44.2 Å². The van der Waals surface area contributed by atoms with Crippen LogP contribution in [-0.4, -0.2) is 52.6 Å². The Hall–Kier alpha value is -1.44. The number of sulfonamides is 1. The first-order chi connectivity index (χ1) is 11.4. The molecule has 1 aromatic carbocycles. The standard InChI is InChI=1S/C17H26N2O4S/c1-14-6-4-10-19(13-14)11-5-9-18-24(21,22)16-8-3-7-15(12-16)17(20)23-2/h3,7-8,12,14,18H,4-6,9-11,13H2,1-2H3/t14-/m1/s1. The van der Waals surface area contributed by atoms with Crippen LogP contribution in [0.1, 0.15) is 36.5 Å². The van der Waals surface area contributed by atoms with E-state index < -0.39 is 16.0 Å². The summed E-state index contributed by atoms with van der Waals surface area (Å²) in [4.78, 5) is 14.0. The molecule has 0 amide bonds. The molecule has 1 atom stereocenters. The van der Waals surface area contributed by atoms with Gasteiger partial charge < -0.3 is 9.64 Å². The highest BCUT2D eigenvalue weighted by Crippen LogP contribution is 2.15. The Morgan fingerprint density at radius 1 is 1.42 bits per heavy atom. The van der Waals surface area contributed by atoms with Crippen LogP contribution in [0.25, 0.3) is 0 Å². The second kappa shape index (κ2) is 8.60. The Bertz CT molecular complexity index is 660. The van der Waals surface area contributed by atoms with Crippen molar-refractivity contribution in [2.24, 2.45) is 5.92 Å². The molecule has 1 fully saturated rings. The molecule has 1 aromatic rings. The van der Waals surface area contributed by atoms with Crippen molar-refractivity contribution >= 4 is 16.0 Å². The summed E-state index contributed by atoms with van der Waals surface area (Å²) in [7, 11) is -2.35. The van der Waals surface area contributed by atoms with E-state index >= 15 is 0 Å². The van der Waals surface area contributed by atoms with Gasteiger partial charge in [-0.3, -0.25) is 0 Å². The van der Waals surface area contributed by atoms with Gasteiger partial charge in [0.1, 0.15) is 0 Å². The third-order valence-electron chi connectivity index (χ3n) is 4.25. The number of carbonyl (C=O) groups is 1. The summed E-state index contributed by atoms with van der Waals surface area (Å²) < 4.78 is 31.9. The lowest BCUT2D eigenvalue weighted by Gasteiger charge is -2.30. The van der Waals surface area contributed by atoms with Crippen LogP contribution in [0, 0.1) is 5.92 Å². The lowest BCUT2D eigenvalue weighted by Crippen LogP contribution is -2.36. The molecule has 6 nitrogen and oxygen atoms in total. The normalized spacial score (nSPS) is 19.2. The van der Waals surface area contributed by atoms with E-state index in [1.54, 1.807) is 0 Å². The van der Waals surface area contributed by atoms with Crippen LogP contribution in [0.3, 0.4) is 0 Å². The molecular weight excluding hydrogens is 328 g/mol. The molecule has 0 saturated carbocycles. The third-order valence-corrected chi connectivity index (χ3v) is 5.71. The molecule has 1 saturated heterocycles. The van der Waals surface area contributed by atoms with Crippen LogP contribution < -0.4 is 4.72 Å². The minimum Gasteiger partial charge on any atom is -0.465 e. The van der Waals surface area contributed by atoms with Crippen molar-refractivity contribution in [1.82, 2.24) is 9.62 Å². The third kappa shape index (κ3) is 5.29. The smallest absolute Gasteiger partial charge is 0.337 e. The molecule has 1 aliphatic heterocycles. The Morgan fingerprint density at radius 2 is 2.21 bits per heavy atom. The predicted molar refractivity (Wildman–Crippen MR) is 92.4 cm³/mol. The quantitative estimate of drug-likeness (QED) is 0.598. The Balaban J connectivity index is 1.86. The number of methoxy groups -OCH3 is 1. The molecule has 24 heavy (non-hydrogen) atoms. The van der Waals surface area contributed by atoms with Crippen LogP contribution in [0.15, 0.2) is 29.2 Å². The fraction of sp³-hybridized carbons (Fsp3) is 0.588. The van der Waals surface area contributed by atoms with Crippen molar-refractivity contribution in [3.05, 3.63) is 29.8 Å². The molecule has 134 valence electrons. The number of piperidine rings is 1. The zero-order valence-corrected chi connectivity index (χ0v) is 15.1. The van der Waals surface area contributed by atoms with Crippen molar-refractivity contribution in [1.29, 1.82) is 0 Å². The minimum absolute atomic E-state index is 0.0806. The maximum absolute atomic E-state index is 12.3. The zero-order chi connectivity index (χ0) is 17.6. The van der Waals surface area contributed by atoms with Crippen molar-refractivity contribution in [3.63, 3.8) is 0 Å². The van der Waals surface area contributed by atoms with E-state index in [1.807, 2.05) is 0 Å². The Morgan fingerprint density at radius 3 is 2.92 bits per heavy atom. The summed E-state index contributed by atoms with van der Waals surface area (Å²) in [6, 6.07) is 5.87. The SMILES string of the molecule is COC(=O)c1cccc(S(=O)(=O)NCCCN2CCC[C@@H](C)C2)c1. The van der Waals surface area contributed by atoms with Crippen molar-refractivity contribution in [2.75, 3.05) is 33.3 Å². The van der Waals surface area contributed by atoms with Gasteiger partial charge in [-0.25, -0.2) is 17.9 Å². The van der Waals surface area contributed by atoms with Gasteiger partial charge in [0.2, 0.25) is 10.0 Å². The van der Waals surface area contributed by atoms with E-state index in [0.717, 1.165) is 32.0 Å². The molecule has 2 rings (SSSR count). The topological polar surface area (TPSA) is 75.7 Å². The van der Waals surface area contributed by atoms with E-state index in [9.17, 15) is 13.2 Å². The first-order valence-electron chi connectivity index (χ1n) is 8.33. The fourth-order valence-electron chi connectivity index (χ4n) is 2.99. The van der Waals surface area contributed by atoms with Gasteiger partial charge in [-0.15, -0.1) is 0 Å². The molecule has 0 aliphatic carbocycles. The predicted octanol–water partition coefficient (Wildman–Crippen LogP) is 1.87. The van der Waals surface area contributed by atoms with Gasteiger partial charge in [0, 0.05) is 13.1 Å². The van der Waals surface area contributed by atoms with Crippen molar-refractivity contribution in [3.8, 4) is 0 Å². The number of hydrogen-bond acceptors (Lipinski definition) is 5.